The molecule has 0 aromatic heterocycles. The van der Waals surface area contributed by atoms with Gasteiger partial charge in [-0.05, 0) is 24.5 Å². The van der Waals surface area contributed by atoms with Gasteiger partial charge >= 0.3 is 5.97 Å². The van der Waals surface area contributed by atoms with Gasteiger partial charge in [-0.15, -0.1) is 0 Å². The zero-order valence-electron chi connectivity index (χ0n) is 8.93. The Hall–Kier alpha value is -1.90. The van der Waals surface area contributed by atoms with Crippen LogP contribution in [0.2, 0.25) is 0 Å². The molecule has 1 unspecified atom stereocenters. The molecule has 1 N–H and O–H groups in total. The number of benzene rings is 1. The topological polar surface area (TPSA) is 54.4 Å². The summed E-state index contributed by atoms with van der Waals surface area (Å²) < 4.78 is 0. The molecule has 0 fully saturated rings. The van der Waals surface area contributed by atoms with Crippen molar-refractivity contribution in [3.63, 3.8) is 0 Å². The van der Waals surface area contributed by atoms with Crippen LogP contribution in [-0.2, 0) is 16.0 Å². The van der Waals surface area contributed by atoms with E-state index < -0.39 is 11.4 Å². The predicted molar refractivity (Wildman–Crippen MR) is 59.0 cm³/mol. The van der Waals surface area contributed by atoms with E-state index in [4.69, 9.17) is 5.11 Å². The standard InChI is InChI=1S/C13H12O3/c1-9(14)13(12(15)16)8-11(13)7-10-5-3-2-4-6-10/h2-6,8H,7H2,1H3,(H,15,16). The molecular formula is C13H12O3. The molecule has 0 amide bonds. The average molecular weight is 216 g/mol. The van der Waals surface area contributed by atoms with Crippen molar-refractivity contribution in [2.45, 2.75) is 13.3 Å². The normalized spacial score (nSPS) is 22.4. The van der Waals surface area contributed by atoms with E-state index in [0.29, 0.717) is 12.0 Å². The first kappa shape index (κ1) is 10.6. The van der Waals surface area contributed by atoms with Crippen molar-refractivity contribution in [2.75, 3.05) is 0 Å². The summed E-state index contributed by atoms with van der Waals surface area (Å²) in [5.74, 6) is -1.38. The Balaban J connectivity index is 2.13. The fraction of sp³-hybridized carbons (Fsp3) is 0.231. The van der Waals surface area contributed by atoms with Crippen molar-refractivity contribution in [2.24, 2.45) is 5.41 Å². The number of hydrogen-bond acceptors (Lipinski definition) is 2. The van der Waals surface area contributed by atoms with Crippen LogP contribution in [0.15, 0.2) is 42.0 Å². The number of carbonyl (C=O) groups is 2. The van der Waals surface area contributed by atoms with Gasteiger partial charge < -0.3 is 5.11 Å². The van der Waals surface area contributed by atoms with E-state index in [1.54, 1.807) is 6.08 Å². The molecule has 1 atom stereocenters. The van der Waals surface area contributed by atoms with Crippen molar-refractivity contribution < 1.29 is 14.7 Å². The zero-order valence-corrected chi connectivity index (χ0v) is 8.93. The minimum absolute atomic E-state index is 0.314. The van der Waals surface area contributed by atoms with Crippen LogP contribution in [0.1, 0.15) is 12.5 Å². The number of hydrogen-bond donors (Lipinski definition) is 1. The molecule has 0 heterocycles. The van der Waals surface area contributed by atoms with E-state index in [-0.39, 0.29) is 5.78 Å². The van der Waals surface area contributed by atoms with Gasteiger partial charge in [0, 0.05) is 0 Å². The first-order chi connectivity index (χ1) is 7.57. The third kappa shape index (κ3) is 1.54. The van der Waals surface area contributed by atoms with Gasteiger partial charge in [-0.2, -0.15) is 0 Å². The van der Waals surface area contributed by atoms with Crippen molar-refractivity contribution in [3.05, 3.63) is 47.5 Å². The van der Waals surface area contributed by atoms with Crippen LogP contribution in [0.3, 0.4) is 0 Å². The summed E-state index contributed by atoms with van der Waals surface area (Å²) >= 11 is 0. The van der Waals surface area contributed by atoms with Crippen molar-refractivity contribution in [1.29, 1.82) is 0 Å². The van der Waals surface area contributed by atoms with Crippen LogP contribution in [0.4, 0.5) is 0 Å². The van der Waals surface area contributed by atoms with Crippen LogP contribution in [-0.4, -0.2) is 16.9 Å². The highest BCUT2D eigenvalue weighted by atomic mass is 16.4. The molecule has 1 aromatic carbocycles. The maximum atomic E-state index is 11.3. The molecule has 82 valence electrons. The SMILES string of the molecule is CC(=O)C1(C(=O)O)C=C1Cc1ccccc1. The lowest BCUT2D eigenvalue weighted by Crippen LogP contribution is -2.27. The molecule has 0 aliphatic heterocycles. The lowest BCUT2D eigenvalue weighted by Gasteiger charge is -2.09. The fourth-order valence-corrected chi connectivity index (χ4v) is 1.91. The summed E-state index contributed by atoms with van der Waals surface area (Å²) in [7, 11) is 0. The number of carbonyl (C=O) groups excluding carboxylic acids is 1. The Morgan fingerprint density at radius 2 is 1.88 bits per heavy atom. The maximum absolute atomic E-state index is 11.3. The lowest BCUT2D eigenvalue weighted by molar-refractivity contribution is -0.146. The molecule has 0 saturated heterocycles. The van der Waals surface area contributed by atoms with Crippen LogP contribution < -0.4 is 0 Å². The minimum atomic E-state index is -1.31. The number of carboxylic acids is 1. The van der Waals surface area contributed by atoms with Gasteiger partial charge in [0.15, 0.2) is 11.2 Å². The molecular weight excluding hydrogens is 204 g/mol. The molecule has 0 radical (unpaired) electrons. The minimum Gasteiger partial charge on any atom is -0.480 e. The molecule has 0 spiro atoms. The molecule has 3 nitrogen and oxygen atoms in total. The third-order valence-corrected chi connectivity index (χ3v) is 2.94. The summed E-state index contributed by atoms with van der Waals surface area (Å²) in [6, 6.07) is 9.54. The smallest absolute Gasteiger partial charge is 0.325 e. The predicted octanol–water partition coefficient (Wildman–Crippen LogP) is 1.83. The quantitative estimate of drug-likeness (QED) is 0.617. The summed E-state index contributed by atoms with van der Waals surface area (Å²) in [5, 5.41) is 9.05. The van der Waals surface area contributed by atoms with Crippen LogP contribution in [0.5, 0.6) is 0 Å². The first-order valence-electron chi connectivity index (χ1n) is 5.08. The average Bonchev–Trinajstić information content (AvgIpc) is 2.95. The number of ketones is 1. The number of carboxylic acid groups (broad SMARTS) is 1. The molecule has 2 rings (SSSR count). The first-order valence-corrected chi connectivity index (χ1v) is 5.08. The van der Waals surface area contributed by atoms with E-state index in [1.807, 2.05) is 30.3 Å². The van der Waals surface area contributed by atoms with Gasteiger partial charge in [-0.25, -0.2) is 0 Å². The second kappa shape index (κ2) is 3.59. The van der Waals surface area contributed by atoms with Gasteiger partial charge in [-0.1, -0.05) is 36.4 Å². The van der Waals surface area contributed by atoms with Crippen LogP contribution >= 0.6 is 0 Å². The Kier molecular flexibility index (Phi) is 2.38. The summed E-state index contributed by atoms with van der Waals surface area (Å²) in [4.78, 5) is 22.4. The molecule has 1 aliphatic carbocycles. The lowest BCUT2D eigenvalue weighted by atomic mass is 9.93. The van der Waals surface area contributed by atoms with E-state index in [2.05, 4.69) is 0 Å². The van der Waals surface area contributed by atoms with Crippen LogP contribution in [0, 0.1) is 5.41 Å². The molecule has 16 heavy (non-hydrogen) atoms. The molecule has 0 bridgehead atoms. The van der Waals surface area contributed by atoms with Gasteiger partial charge in [0.25, 0.3) is 0 Å². The van der Waals surface area contributed by atoms with Crippen molar-refractivity contribution in [3.8, 4) is 0 Å². The summed E-state index contributed by atoms with van der Waals surface area (Å²) in [6.45, 7) is 1.32. The summed E-state index contributed by atoms with van der Waals surface area (Å²) in [6.07, 6.45) is 2.08. The van der Waals surface area contributed by atoms with Gasteiger partial charge in [0.2, 0.25) is 0 Å². The molecule has 3 heteroatoms. The molecule has 1 aliphatic rings. The fourth-order valence-electron chi connectivity index (χ4n) is 1.91. The number of Topliss-reactive ketones (excluding diaryl/α,β-unsaturated/α-hetero) is 1. The Morgan fingerprint density at radius 1 is 1.25 bits per heavy atom. The Labute approximate surface area is 93.4 Å². The van der Waals surface area contributed by atoms with E-state index in [0.717, 1.165) is 5.56 Å². The highest BCUT2D eigenvalue weighted by molar-refractivity contribution is 6.12. The summed E-state index contributed by atoms with van der Waals surface area (Å²) in [5.41, 5.74) is 0.410. The highest BCUT2D eigenvalue weighted by Crippen LogP contribution is 2.46. The van der Waals surface area contributed by atoms with E-state index >= 15 is 0 Å². The largest absolute Gasteiger partial charge is 0.480 e. The van der Waals surface area contributed by atoms with Gasteiger partial charge in [0.05, 0.1) is 0 Å². The highest BCUT2D eigenvalue weighted by Gasteiger charge is 2.55. The van der Waals surface area contributed by atoms with Gasteiger partial charge in [0.1, 0.15) is 0 Å². The monoisotopic (exact) mass is 216 g/mol. The van der Waals surface area contributed by atoms with E-state index in [1.165, 1.54) is 6.92 Å². The van der Waals surface area contributed by atoms with E-state index in [9.17, 15) is 9.59 Å². The van der Waals surface area contributed by atoms with Crippen molar-refractivity contribution in [1.82, 2.24) is 0 Å². The third-order valence-electron chi connectivity index (χ3n) is 2.94. The Morgan fingerprint density at radius 3 is 2.31 bits per heavy atom. The van der Waals surface area contributed by atoms with Gasteiger partial charge in [-0.3, -0.25) is 9.59 Å². The second-order valence-corrected chi connectivity index (χ2v) is 4.00. The second-order valence-electron chi connectivity index (χ2n) is 4.00. The number of rotatable bonds is 4. The Bertz CT molecular complexity index is 457. The maximum Gasteiger partial charge on any atom is 0.325 e. The van der Waals surface area contributed by atoms with Crippen molar-refractivity contribution >= 4 is 11.8 Å². The molecule has 1 aromatic rings. The zero-order chi connectivity index (χ0) is 11.8. The molecule has 0 saturated carbocycles. The number of aliphatic carboxylic acids is 1. The van der Waals surface area contributed by atoms with Crippen LogP contribution in [0.25, 0.3) is 0 Å².